The molecule has 1 amide bonds. The van der Waals surface area contributed by atoms with Crippen molar-refractivity contribution in [2.75, 3.05) is 5.32 Å². The standard InChI is InChI=1S/C17H16FNO2/c18-15-9-7-13(8-10-15)3-2-6-17(21)19-16-5-1-4-14(11-16)12-20/h1-5,7-11,20H,6,12H2,(H,19,21)/b3-2+. The van der Waals surface area contributed by atoms with Gasteiger partial charge < -0.3 is 10.4 Å². The summed E-state index contributed by atoms with van der Waals surface area (Å²) in [4.78, 5) is 11.8. The Kier molecular flexibility index (Phi) is 5.23. The smallest absolute Gasteiger partial charge is 0.228 e. The first-order chi connectivity index (χ1) is 10.2. The minimum atomic E-state index is -0.284. The van der Waals surface area contributed by atoms with E-state index in [0.29, 0.717) is 5.69 Å². The molecule has 0 radical (unpaired) electrons. The largest absolute Gasteiger partial charge is 0.392 e. The minimum Gasteiger partial charge on any atom is -0.392 e. The van der Waals surface area contributed by atoms with Crippen molar-refractivity contribution in [3.8, 4) is 0 Å². The van der Waals surface area contributed by atoms with Crippen molar-refractivity contribution in [1.29, 1.82) is 0 Å². The van der Waals surface area contributed by atoms with Gasteiger partial charge in [0.1, 0.15) is 5.82 Å². The topological polar surface area (TPSA) is 49.3 Å². The van der Waals surface area contributed by atoms with Gasteiger partial charge in [-0.05, 0) is 35.4 Å². The third-order valence-electron chi connectivity index (χ3n) is 2.88. The highest BCUT2D eigenvalue weighted by atomic mass is 19.1. The molecule has 3 nitrogen and oxygen atoms in total. The van der Waals surface area contributed by atoms with Gasteiger partial charge in [-0.2, -0.15) is 0 Å². The van der Waals surface area contributed by atoms with Gasteiger partial charge in [0.25, 0.3) is 0 Å². The molecular formula is C17H16FNO2. The molecule has 0 aliphatic heterocycles. The third kappa shape index (κ3) is 4.85. The normalized spacial score (nSPS) is 10.8. The van der Waals surface area contributed by atoms with Crippen LogP contribution in [0.25, 0.3) is 6.08 Å². The van der Waals surface area contributed by atoms with Crippen LogP contribution in [0.1, 0.15) is 17.5 Å². The van der Waals surface area contributed by atoms with E-state index in [9.17, 15) is 9.18 Å². The number of aliphatic hydroxyl groups is 1. The SMILES string of the molecule is O=C(C/C=C/c1ccc(F)cc1)Nc1cccc(CO)c1. The monoisotopic (exact) mass is 285 g/mol. The Labute approximate surface area is 122 Å². The van der Waals surface area contributed by atoms with Crippen molar-refractivity contribution >= 4 is 17.7 Å². The second kappa shape index (κ2) is 7.36. The van der Waals surface area contributed by atoms with Crippen LogP contribution in [0.5, 0.6) is 0 Å². The lowest BCUT2D eigenvalue weighted by Gasteiger charge is -2.04. The molecule has 0 unspecified atom stereocenters. The Bertz CT molecular complexity index is 635. The molecule has 21 heavy (non-hydrogen) atoms. The maximum Gasteiger partial charge on any atom is 0.228 e. The molecular weight excluding hydrogens is 269 g/mol. The van der Waals surface area contributed by atoms with Crippen molar-refractivity contribution in [3.63, 3.8) is 0 Å². The Morgan fingerprint density at radius 1 is 1.19 bits per heavy atom. The number of nitrogens with one attached hydrogen (secondary N) is 1. The molecule has 108 valence electrons. The van der Waals surface area contributed by atoms with E-state index in [1.165, 1.54) is 12.1 Å². The molecule has 0 bridgehead atoms. The fraction of sp³-hybridized carbons (Fsp3) is 0.118. The first-order valence-electron chi connectivity index (χ1n) is 6.59. The molecule has 0 aliphatic rings. The Hall–Kier alpha value is -2.46. The Morgan fingerprint density at radius 3 is 2.67 bits per heavy atom. The van der Waals surface area contributed by atoms with Crippen molar-refractivity contribution in [3.05, 3.63) is 71.6 Å². The van der Waals surface area contributed by atoms with E-state index >= 15 is 0 Å². The Balaban J connectivity index is 1.88. The fourth-order valence-electron chi connectivity index (χ4n) is 1.84. The van der Waals surface area contributed by atoms with E-state index in [-0.39, 0.29) is 24.8 Å². The third-order valence-corrected chi connectivity index (χ3v) is 2.88. The second-order valence-corrected chi connectivity index (χ2v) is 4.56. The van der Waals surface area contributed by atoms with Gasteiger partial charge in [-0.1, -0.05) is 36.4 Å². The summed E-state index contributed by atoms with van der Waals surface area (Å²) in [5.41, 5.74) is 2.24. The van der Waals surface area contributed by atoms with Crippen LogP contribution >= 0.6 is 0 Å². The lowest BCUT2D eigenvalue weighted by atomic mass is 10.2. The molecule has 4 heteroatoms. The number of benzene rings is 2. The summed E-state index contributed by atoms with van der Waals surface area (Å²) in [6.45, 7) is -0.0613. The van der Waals surface area contributed by atoms with Crippen LogP contribution in [-0.2, 0) is 11.4 Å². The number of aliphatic hydroxyl groups excluding tert-OH is 1. The second-order valence-electron chi connectivity index (χ2n) is 4.56. The average molecular weight is 285 g/mol. The van der Waals surface area contributed by atoms with Gasteiger partial charge in [-0.25, -0.2) is 4.39 Å². The van der Waals surface area contributed by atoms with E-state index in [2.05, 4.69) is 5.32 Å². The van der Waals surface area contributed by atoms with Crippen LogP contribution in [0.3, 0.4) is 0 Å². The zero-order valence-corrected chi connectivity index (χ0v) is 11.4. The number of hydrogen-bond acceptors (Lipinski definition) is 2. The number of amides is 1. The molecule has 0 aromatic heterocycles. The van der Waals surface area contributed by atoms with Crippen LogP contribution in [0.15, 0.2) is 54.6 Å². The minimum absolute atomic E-state index is 0.0613. The molecule has 2 N–H and O–H groups in total. The first-order valence-corrected chi connectivity index (χ1v) is 6.59. The van der Waals surface area contributed by atoms with Gasteiger partial charge in [-0.15, -0.1) is 0 Å². The number of anilines is 1. The van der Waals surface area contributed by atoms with Gasteiger partial charge in [0, 0.05) is 12.1 Å². The predicted octanol–water partition coefficient (Wildman–Crippen LogP) is 3.36. The quantitative estimate of drug-likeness (QED) is 0.885. The Morgan fingerprint density at radius 2 is 1.95 bits per heavy atom. The number of carbonyl (C=O) groups is 1. The predicted molar refractivity (Wildman–Crippen MR) is 81.0 cm³/mol. The van der Waals surface area contributed by atoms with Crippen LogP contribution in [0, 0.1) is 5.82 Å². The van der Waals surface area contributed by atoms with Gasteiger partial charge in [0.2, 0.25) is 5.91 Å². The molecule has 0 aliphatic carbocycles. The first kappa shape index (κ1) is 14.9. The van der Waals surface area contributed by atoms with Crippen LogP contribution < -0.4 is 5.32 Å². The molecule has 2 rings (SSSR count). The maximum atomic E-state index is 12.7. The highest BCUT2D eigenvalue weighted by molar-refractivity contribution is 5.92. The number of hydrogen-bond donors (Lipinski definition) is 2. The average Bonchev–Trinajstić information content (AvgIpc) is 2.49. The molecule has 0 saturated heterocycles. The van der Waals surface area contributed by atoms with Gasteiger partial charge in [-0.3, -0.25) is 4.79 Å². The summed E-state index contributed by atoms with van der Waals surface area (Å²) in [5.74, 6) is -0.433. The van der Waals surface area contributed by atoms with E-state index in [0.717, 1.165) is 11.1 Å². The van der Waals surface area contributed by atoms with Gasteiger partial charge in [0.15, 0.2) is 0 Å². The summed E-state index contributed by atoms with van der Waals surface area (Å²) in [6, 6.07) is 13.1. The molecule has 2 aromatic carbocycles. The molecule has 0 saturated carbocycles. The van der Waals surface area contributed by atoms with Crippen molar-refractivity contribution in [2.45, 2.75) is 13.0 Å². The van der Waals surface area contributed by atoms with Crippen molar-refractivity contribution in [1.82, 2.24) is 0 Å². The summed E-state index contributed by atoms with van der Waals surface area (Å²) < 4.78 is 12.7. The van der Waals surface area contributed by atoms with E-state index < -0.39 is 0 Å². The molecule has 0 spiro atoms. The number of halogens is 1. The van der Waals surface area contributed by atoms with Gasteiger partial charge in [0.05, 0.1) is 6.61 Å². The zero-order chi connectivity index (χ0) is 15.1. The molecule has 2 aromatic rings. The summed E-state index contributed by atoms with van der Waals surface area (Å²) in [7, 11) is 0. The maximum absolute atomic E-state index is 12.7. The van der Waals surface area contributed by atoms with Crippen LogP contribution in [-0.4, -0.2) is 11.0 Å². The van der Waals surface area contributed by atoms with Crippen molar-refractivity contribution in [2.24, 2.45) is 0 Å². The van der Waals surface area contributed by atoms with Crippen molar-refractivity contribution < 1.29 is 14.3 Å². The van der Waals surface area contributed by atoms with Gasteiger partial charge >= 0.3 is 0 Å². The van der Waals surface area contributed by atoms with E-state index in [4.69, 9.17) is 5.11 Å². The summed E-state index contributed by atoms with van der Waals surface area (Å²) in [5, 5.41) is 11.8. The zero-order valence-electron chi connectivity index (χ0n) is 11.4. The highest BCUT2D eigenvalue weighted by Gasteiger charge is 2.00. The molecule has 0 atom stereocenters. The molecule has 0 heterocycles. The number of rotatable bonds is 5. The lowest BCUT2D eigenvalue weighted by Crippen LogP contribution is -2.10. The highest BCUT2D eigenvalue weighted by Crippen LogP contribution is 2.11. The van der Waals surface area contributed by atoms with E-state index in [1.807, 2.05) is 0 Å². The summed E-state index contributed by atoms with van der Waals surface area (Å²) >= 11 is 0. The summed E-state index contributed by atoms with van der Waals surface area (Å²) in [6.07, 6.45) is 3.71. The lowest BCUT2D eigenvalue weighted by molar-refractivity contribution is -0.115. The van der Waals surface area contributed by atoms with E-state index in [1.54, 1.807) is 48.6 Å². The fourth-order valence-corrected chi connectivity index (χ4v) is 1.84. The van der Waals surface area contributed by atoms with Crippen LogP contribution in [0.2, 0.25) is 0 Å². The number of carbonyl (C=O) groups excluding carboxylic acids is 1. The molecule has 0 fully saturated rings. The van der Waals surface area contributed by atoms with Crippen LogP contribution in [0.4, 0.5) is 10.1 Å².